The van der Waals surface area contributed by atoms with Crippen LogP contribution in [0.1, 0.15) is 36.8 Å². The molecule has 0 heterocycles. The lowest BCUT2D eigenvalue weighted by atomic mass is 9.93. The largest absolute Gasteiger partial charge is 0.103 e. The predicted octanol–water partition coefficient (Wildman–Crippen LogP) is 4.83. The first kappa shape index (κ1) is 11.5. The third kappa shape index (κ3) is 2.71. The molecule has 0 aliphatic rings. The second-order valence-electron chi connectivity index (χ2n) is 3.64. The summed E-state index contributed by atoms with van der Waals surface area (Å²) in [5.41, 5.74) is 2.70. The molecule has 0 radical (unpaired) electrons. The molecule has 14 heavy (non-hydrogen) atoms. The molecule has 0 saturated heterocycles. The van der Waals surface area contributed by atoms with Crippen molar-refractivity contribution in [2.24, 2.45) is 0 Å². The molecule has 1 aromatic carbocycles. The Bertz CT molecular complexity index is 315. The first-order valence-corrected chi connectivity index (χ1v) is 5.85. The minimum atomic E-state index is 0.615. The standard InChI is InChI=1S/C13H17Br/c1-4-6-11(5-2)12-8-7-10(3)13(14)9-12/h4,7-9,11H,1,5-6H2,2-3H3. The SMILES string of the molecule is C=CCC(CC)c1ccc(C)c(Br)c1. The zero-order valence-electron chi connectivity index (χ0n) is 8.89. The van der Waals surface area contributed by atoms with Crippen LogP contribution in [0.15, 0.2) is 35.3 Å². The van der Waals surface area contributed by atoms with Gasteiger partial charge in [-0.2, -0.15) is 0 Å². The number of hydrogen-bond acceptors (Lipinski definition) is 0. The van der Waals surface area contributed by atoms with E-state index in [-0.39, 0.29) is 0 Å². The molecule has 0 aliphatic heterocycles. The lowest BCUT2D eigenvalue weighted by Crippen LogP contribution is -1.96. The van der Waals surface area contributed by atoms with Gasteiger partial charge in [0.1, 0.15) is 0 Å². The third-order valence-corrected chi connectivity index (χ3v) is 3.47. The average molecular weight is 253 g/mol. The van der Waals surface area contributed by atoms with Crippen molar-refractivity contribution in [1.82, 2.24) is 0 Å². The Hall–Kier alpha value is -0.560. The molecule has 0 nitrogen and oxygen atoms in total. The average Bonchev–Trinajstić information content (AvgIpc) is 2.19. The van der Waals surface area contributed by atoms with Crippen molar-refractivity contribution in [3.8, 4) is 0 Å². The lowest BCUT2D eigenvalue weighted by molar-refractivity contribution is 0.674. The van der Waals surface area contributed by atoms with Crippen LogP contribution in [-0.2, 0) is 0 Å². The maximum atomic E-state index is 3.80. The van der Waals surface area contributed by atoms with Crippen molar-refractivity contribution in [1.29, 1.82) is 0 Å². The minimum absolute atomic E-state index is 0.615. The molecule has 1 rings (SSSR count). The van der Waals surface area contributed by atoms with E-state index in [1.807, 2.05) is 6.08 Å². The summed E-state index contributed by atoms with van der Waals surface area (Å²) >= 11 is 3.57. The topological polar surface area (TPSA) is 0 Å². The number of halogens is 1. The highest BCUT2D eigenvalue weighted by Crippen LogP contribution is 2.27. The molecule has 0 spiro atoms. The van der Waals surface area contributed by atoms with E-state index in [4.69, 9.17) is 0 Å². The molecule has 0 aliphatic carbocycles. The van der Waals surface area contributed by atoms with E-state index in [2.05, 4.69) is 54.6 Å². The van der Waals surface area contributed by atoms with Gasteiger partial charge in [0.25, 0.3) is 0 Å². The highest BCUT2D eigenvalue weighted by molar-refractivity contribution is 9.10. The lowest BCUT2D eigenvalue weighted by Gasteiger charge is -2.14. The second kappa shape index (κ2) is 5.35. The van der Waals surface area contributed by atoms with Crippen LogP contribution in [-0.4, -0.2) is 0 Å². The van der Waals surface area contributed by atoms with Gasteiger partial charge in [0, 0.05) is 4.47 Å². The smallest absolute Gasteiger partial charge is 0.0207 e. The van der Waals surface area contributed by atoms with Crippen LogP contribution in [0.5, 0.6) is 0 Å². The van der Waals surface area contributed by atoms with Gasteiger partial charge >= 0.3 is 0 Å². The van der Waals surface area contributed by atoms with Crippen molar-refractivity contribution in [3.63, 3.8) is 0 Å². The molecule has 0 amide bonds. The Labute approximate surface area is 95.2 Å². The van der Waals surface area contributed by atoms with Crippen LogP contribution < -0.4 is 0 Å². The molecule has 0 fully saturated rings. The predicted molar refractivity (Wildman–Crippen MR) is 66.7 cm³/mol. The van der Waals surface area contributed by atoms with E-state index in [0.29, 0.717) is 5.92 Å². The van der Waals surface area contributed by atoms with Gasteiger partial charge in [-0.05, 0) is 42.9 Å². The summed E-state index contributed by atoms with van der Waals surface area (Å²) in [6, 6.07) is 6.62. The first-order chi connectivity index (χ1) is 6.69. The molecular formula is C13H17Br. The normalized spacial score (nSPS) is 12.5. The number of allylic oxidation sites excluding steroid dienone is 1. The molecule has 1 aromatic rings. The molecule has 0 saturated carbocycles. The molecular weight excluding hydrogens is 236 g/mol. The Morgan fingerprint density at radius 2 is 2.21 bits per heavy atom. The number of benzene rings is 1. The summed E-state index contributed by atoms with van der Waals surface area (Å²) in [4.78, 5) is 0. The van der Waals surface area contributed by atoms with Gasteiger partial charge in [-0.25, -0.2) is 0 Å². The van der Waals surface area contributed by atoms with Crippen LogP contribution in [0, 0.1) is 6.92 Å². The van der Waals surface area contributed by atoms with E-state index < -0.39 is 0 Å². The third-order valence-electron chi connectivity index (χ3n) is 2.61. The molecule has 1 heteroatoms. The van der Waals surface area contributed by atoms with E-state index in [0.717, 1.165) is 6.42 Å². The van der Waals surface area contributed by atoms with Gasteiger partial charge in [-0.1, -0.05) is 41.1 Å². The highest BCUT2D eigenvalue weighted by atomic mass is 79.9. The fraction of sp³-hybridized carbons (Fsp3) is 0.385. The van der Waals surface area contributed by atoms with Gasteiger partial charge in [0.05, 0.1) is 0 Å². The van der Waals surface area contributed by atoms with Gasteiger partial charge in [-0.15, -0.1) is 6.58 Å². The van der Waals surface area contributed by atoms with Gasteiger partial charge < -0.3 is 0 Å². The highest BCUT2D eigenvalue weighted by Gasteiger charge is 2.08. The summed E-state index contributed by atoms with van der Waals surface area (Å²) in [5.74, 6) is 0.615. The fourth-order valence-corrected chi connectivity index (χ4v) is 2.00. The maximum Gasteiger partial charge on any atom is 0.0207 e. The molecule has 0 N–H and O–H groups in total. The Kier molecular flexibility index (Phi) is 4.40. The minimum Gasteiger partial charge on any atom is -0.103 e. The number of rotatable bonds is 4. The summed E-state index contributed by atoms with van der Waals surface area (Å²) in [7, 11) is 0. The van der Waals surface area contributed by atoms with Crippen LogP contribution in [0.4, 0.5) is 0 Å². The maximum absolute atomic E-state index is 3.80. The van der Waals surface area contributed by atoms with E-state index >= 15 is 0 Å². The van der Waals surface area contributed by atoms with Crippen molar-refractivity contribution < 1.29 is 0 Å². The Morgan fingerprint density at radius 1 is 1.50 bits per heavy atom. The summed E-state index contributed by atoms with van der Waals surface area (Å²) in [6.45, 7) is 8.14. The zero-order chi connectivity index (χ0) is 10.6. The van der Waals surface area contributed by atoms with Crippen molar-refractivity contribution in [2.45, 2.75) is 32.6 Å². The van der Waals surface area contributed by atoms with Gasteiger partial charge in [0.15, 0.2) is 0 Å². The molecule has 0 bridgehead atoms. The first-order valence-electron chi connectivity index (χ1n) is 5.06. The van der Waals surface area contributed by atoms with Gasteiger partial charge in [-0.3, -0.25) is 0 Å². The second-order valence-corrected chi connectivity index (χ2v) is 4.49. The molecule has 0 aromatic heterocycles. The van der Waals surface area contributed by atoms with Crippen LogP contribution in [0.2, 0.25) is 0 Å². The summed E-state index contributed by atoms with van der Waals surface area (Å²) in [5, 5.41) is 0. The van der Waals surface area contributed by atoms with E-state index in [1.165, 1.54) is 22.0 Å². The van der Waals surface area contributed by atoms with E-state index in [9.17, 15) is 0 Å². The Morgan fingerprint density at radius 3 is 2.71 bits per heavy atom. The van der Waals surface area contributed by atoms with Crippen molar-refractivity contribution >= 4 is 15.9 Å². The van der Waals surface area contributed by atoms with Crippen LogP contribution in [0.25, 0.3) is 0 Å². The monoisotopic (exact) mass is 252 g/mol. The Balaban J connectivity index is 2.93. The van der Waals surface area contributed by atoms with E-state index in [1.54, 1.807) is 0 Å². The van der Waals surface area contributed by atoms with Gasteiger partial charge in [0.2, 0.25) is 0 Å². The number of hydrogen-bond donors (Lipinski definition) is 0. The molecule has 1 atom stereocenters. The van der Waals surface area contributed by atoms with Crippen LogP contribution >= 0.6 is 15.9 Å². The summed E-state index contributed by atoms with van der Waals surface area (Å²) < 4.78 is 1.21. The zero-order valence-corrected chi connectivity index (χ0v) is 10.5. The fourth-order valence-electron chi connectivity index (χ4n) is 1.60. The molecule has 76 valence electrons. The van der Waals surface area contributed by atoms with Crippen molar-refractivity contribution in [2.75, 3.05) is 0 Å². The summed E-state index contributed by atoms with van der Waals surface area (Å²) in [6.07, 6.45) is 4.23. The number of aryl methyl sites for hydroxylation is 1. The quantitative estimate of drug-likeness (QED) is 0.674. The van der Waals surface area contributed by atoms with Crippen LogP contribution in [0.3, 0.4) is 0 Å². The van der Waals surface area contributed by atoms with Crippen molar-refractivity contribution in [3.05, 3.63) is 46.5 Å². The molecule has 1 unspecified atom stereocenters.